The van der Waals surface area contributed by atoms with Crippen LogP contribution in [0.25, 0.3) is 0 Å². The van der Waals surface area contributed by atoms with Gasteiger partial charge in [-0.15, -0.1) is 0 Å². The normalized spacial score (nSPS) is 13.6. The zero-order chi connectivity index (χ0) is 9.12. The quantitative estimate of drug-likeness (QED) is 0.584. The average Bonchev–Trinajstić information content (AvgIpc) is 1.83. The third kappa shape index (κ3) is 6.33. The first-order valence-electron chi connectivity index (χ1n) is 4.46. The van der Waals surface area contributed by atoms with Crippen molar-refractivity contribution in [3.05, 3.63) is 0 Å². The van der Waals surface area contributed by atoms with E-state index in [4.69, 9.17) is 0 Å². The fourth-order valence-corrected chi connectivity index (χ4v) is 0.812. The molecule has 0 atom stereocenters. The molecule has 68 valence electrons. The second-order valence-corrected chi connectivity index (χ2v) is 4.74. The van der Waals surface area contributed by atoms with E-state index in [-0.39, 0.29) is 0 Å². The lowest BCUT2D eigenvalue weighted by Crippen LogP contribution is -2.18. The maximum Gasteiger partial charge on any atom is 0.105 e. The summed E-state index contributed by atoms with van der Waals surface area (Å²) in [6.07, 6.45) is 2.78. The standard InChI is InChI=1S/C10H21F/c1-6-9(2,3)7-8-10(4,5)11/h6-8H2,1-5H3. The molecule has 0 aliphatic heterocycles. The van der Waals surface area contributed by atoms with Crippen LogP contribution in [0.1, 0.15) is 53.9 Å². The van der Waals surface area contributed by atoms with Gasteiger partial charge < -0.3 is 0 Å². The van der Waals surface area contributed by atoms with Crippen molar-refractivity contribution >= 4 is 0 Å². The molecule has 0 heterocycles. The lowest BCUT2D eigenvalue weighted by Gasteiger charge is -2.25. The highest BCUT2D eigenvalue weighted by Gasteiger charge is 2.21. The second-order valence-electron chi connectivity index (χ2n) is 4.74. The van der Waals surface area contributed by atoms with Crippen LogP contribution < -0.4 is 0 Å². The topological polar surface area (TPSA) is 0 Å². The summed E-state index contributed by atoms with van der Waals surface area (Å²) in [6.45, 7) is 9.85. The molecular formula is C10H21F. The van der Waals surface area contributed by atoms with Crippen molar-refractivity contribution in [3.8, 4) is 0 Å². The number of halogens is 1. The maximum atomic E-state index is 13.1. The van der Waals surface area contributed by atoms with Crippen molar-refractivity contribution in [2.75, 3.05) is 0 Å². The Morgan fingerprint density at radius 1 is 1.00 bits per heavy atom. The van der Waals surface area contributed by atoms with Gasteiger partial charge in [0.25, 0.3) is 0 Å². The first kappa shape index (κ1) is 10.9. The summed E-state index contributed by atoms with van der Waals surface area (Å²) in [7, 11) is 0. The van der Waals surface area contributed by atoms with E-state index in [0.29, 0.717) is 11.8 Å². The van der Waals surface area contributed by atoms with E-state index < -0.39 is 5.67 Å². The van der Waals surface area contributed by atoms with Crippen LogP contribution >= 0.6 is 0 Å². The van der Waals surface area contributed by atoms with Crippen LogP contribution in [0.4, 0.5) is 4.39 Å². The first-order valence-corrected chi connectivity index (χ1v) is 4.46. The molecule has 0 saturated carbocycles. The van der Waals surface area contributed by atoms with Crippen molar-refractivity contribution < 1.29 is 4.39 Å². The molecule has 0 amide bonds. The van der Waals surface area contributed by atoms with Crippen molar-refractivity contribution in [1.29, 1.82) is 0 Å². The SMILES string of the molecule is CCC(C)(C)CCC(C)(C)F. The zero-order valence-corrected chi connectivity index (χ0v) is 8.50. The number of alkyl halides is 1. The summed E-state index contributed by atoms with van der Waals surface area (Å²) in [6, 6.07) is 0. The molecule has 1 heteroatoms. The van der Waals surface area contributed by atoms with E-state index in [9.17, 15) is 4.39 Å². The minimum absolute atomic E-state index is 0.309. The van der Waals surface area contributed by atoms with Crippen LogP contribution in [-0.2, 0) is 0 Å². The van der Waals surface area contributed by atoms with Gasteiger partial charge >= 0.3 is 0 Å². The minimum atomic E-state index is -0.994. The third-order valence-corrected chi connectivity index (χ3v) is 2.35. The average molecular weight is 160 g/mol. The van der Waals surface area contributed by atoms with Gasteiger partial charge in [-0.3, -0.25) is 0 Å². The van der Waals surface area contributed by atoms with Crippen LogP contribution in [0.15, 0.2) is 0 Å². The smallest absolute Gasteiger partial charge is 0.105 e. The van der Waals surface area contributed by atoms with Gasteiger partial charge in [0.1, 0.15) is 5.67 Å². The summed E-state index contributed by atoms with van der Waals surface area (Å²) in [5.41, 5.74) is -0.685. The molecule has 0 nitrogen and oxygen atoms in total. The molecule has 0 bridgehead atoms. The monoisotopic (exact) mass is 160 g/mol. The Morgan fingerprint density at radius 2 is 1.45 bits per heavy atom. The first-order chi connectivity index (χ1) is 4.77. The molecule has 0 aliphatic rings. The van der Waals surface area contributed by atoms with Gasteiger partial charge in [-0.05, 0) is 32.1 Å². The van der Waals surface area contributed by atoms with Gasteiger partial charge in [0, 0.05) is 0 Å². The van der Waals surface area contributed by atoms with E-state index in [1.165, 1.54) is 0 Å². The molecule has 0 aliphatic carbocycles. The summed E-state index contributed by atoms with van der Waals surface area (Å²) < 4.78 is 13.1. The Morgan fingerprint density at radius 3 is 1.73 bits per heavy atom. The Labute approximate surface area is 70.2 Å². The number of hydrogen-bond donors (Lipinski definition) is 0. The molecule has 0 aromatic rings. The van der Waals surface area contributed by atoms with E-state index >= 15 is 0 Å². The highest BCUT2D eigenvalue weighted by Crippen LogP contribution is 2.30. The molecule has 0 spiro atoms. The van der Waals surface area contributed by atoms with Crippen LogP contribution in [0.3, 0.4) is 0 Å². The molecule has 11 heavy (non-hydrogen) atoms. The van der Waals surface area contributed by atoms with Crippen molar-refractivity contribution in [1.82, 2.24) is 0 Å². The summed E-state index contributed by atoms with van der Waals surface area (Å²) in [5.74, 6) is 0. The minimum Gasteiger partial charge on any atom is -0.245 e. The number of rotatable bonds is 4. The van der Waals surface area contributed by atoms with Crippen LogP contribution in [-0.4, -0.2) is 5.67 Å². The highest BCUT2D eigenvalue weighted by atomic mass is 19.1. The fraction of sp³-hybridized carbons (Fsp3) is 1.00. The highest BCUT2D eigenvalue weighted by molar-refractivity contribution is 4.73. The van der Waals surface area contributed by atoms with E-state index in [0.717, 1.165) is 12.8 Å². The lowest BCUT2D eigenvalue weighted by molar-refractivity contribution is 0.163. The summed E-state index contributed by atoms with van der Waals surface area (Å²) in [4.78, 5) is 0. The molecule has 0 aromatic heterocycles. The van der Waals surface area contributed by atoms with Gasteiger partial charge in [0.05, 0.1) is 0 Å². The Hall–Kier alpha value is -0.0700. The van der Waals surface area contributed by atoms with Gasteiger partial charge in [-0.25, -0.2) is 4.39 Å². The van der Waals surface area contributed by atoms with Gasteiger partial charge in [-0.1, -0.05) is 27.2 Å². The van der Waals surface area contributed by atoms with E-state index in [2.05, 4.69) is 20.8 Å². The molecule has 0 saturated heterocycles. The van der Waals surface area contributed by atoms with Gasteiger partial charge in [-0.2, -0.15) is 0 Å². The molecular weight excluding hydrogens is 139 g/mol. The zero-order valence-electron chi connectivity index (χ0n) is 8.50. The molecule has 0 unspecified atom stereocenters. The third-order valence-electron chi connectivity index (χ3n) is 2.35. The Kier molecular flexibility index (Phi) is 3.53. The van der Waals surface area contributed by atoms with Gasteiger partial charge in [0.2, 0.25) is 0 Å². The van der Waals surface area contributed by atoms with E-state index in [1.54, 1.807) is 13.8 Å². The molecule has 0 fully saturated rings. The second kappa shape index (κ2) is 3.55. The van der Waals surface area contributed by atoms with Crippen molar-refractivity contribution in [2.45, 2.75) is 59.5 Å². The lowest BCUT2D eigenvalue weighted by atomic mass is 9.82. The molecule has 0 rings (SSSR count). The largest absolute Gasteiger partial charge is 0.245 e. The summed E-state index contributed by atoms with van der Waals surface area (Å²) >= 11 is 0. The molecule has 0 aromatic carbocycles. The van der Waals surface area contributed by atoms with Crippen molar-refractivity contribution in [3.63, 3.8) is 0 Å². The van der Waals surface area contributed by atoms with E-state index in [1.807, 2.05) is 0 Å². The Balaban J connectivity index is 3.70. The van der Waals surface area contributed by atoms with Crippen LogP contribution in [0.5, 0.6) is 0 Å². The maximum absolute atomic E-state index is 13.1. The predicted molar refractivity (Wildman–Crippen MR) is 48.5 cm³/mol. The molecule has 0 radical (unpaired) electrons. The van der Waals surface area contributed by atoms with Crippen LogP contribution in [0, 0.1) is 5.41 Å². The van der Waals surface area contributed by atoms with Gasteiger partial charge in [0.15, 0.2) is 0 Å². The summed E-state index contributed by atoms with van der Waals surface area (Å²) in [5, 5.41) is 0. The Bertz CT molecular complexity index is 109. The van der Waals surface area contributed by atoms with Crippen molar-refractivity contribution in [2.24, 2.45) is 5.41 Å². The predicted octanol–water partition coefficient (Wildman–Crippen LogP) is 3.95. The molecule has 0 N–H and O–H groups in total. The number of hydrogen-bond acceptors (Lipinski definition) is 0. The fourth-order valence-electron chi connectivity index (χ4n) is 0.812. The van der Waals surface area contributed by atoms with Crippen LogP contribution in [0.2, 0.25) is 0 Å².